The van der Waals surface area contributed by atoms with E-state index in [0.29, 0.717) is 0 Å². The summed E-state index contributed by atoms with van der Waals surface area (Å²) >= 11 is 1.73. The van der Waals surface area contributed by atoms with E-state index >= 15 is 0 Å². The van der Waals surface area contributed by atoms with Gasteiger partial charge in [-0.25, -0.2) is 0 Å². The summed E-state index contributed by atoms with van der Waals surface area (Å²) in [6.45, 7) is 0. The van der Waals surface area contributed by atoms with Gasteiger partial charge in [-0.3, -0.25) is 0 Å². The molecule has 52 valence electrons. The van der Waals surface area contributed by atoms with Gasteiger partial charge in [0.1, 0.15) is 0 Å². The molecule has 0 saturated heterocycles. The van der Waals surface area contributed by atoms with Crippen molar-refractivity contribution in [3.05, 3.63) is 29.8 Å². The van der Waals surface area contributed by atoms with Gasteiger partial charge in [0.2, 0.25) is 0 Å². The van der Waals surface area contributed by atoms with E-state index in [-0.39, 0.29) is 6.10 Å². The van der Waals surface area contributed by atoms with Crippen molar-refractivity contribution in [3.63, 3.8) is 0 Å². The highest BCUT2D eigenvalue weighted by Gasteiger charge is 2.19. The first kappa shape index (κ1) is 6.25. The van der Waals surface area contributed by atoms with E-state index < -0.39 is 0 Å². The van der Waals surface area contributed by atoms with Crippen molar-refractivity contribution >= 4 is 11.8 Å². The minimum absolute atomic E-state index is 0.235. The second kappa shape index (κ2) is 2.29. The van der Waals surface area contributed by atoms with Gasteiger partial charge in [0.05, 0.1) is 6.10 Å². The van der Waals surface area contributed by atoms with Crippen LogP contribution in [0.1, 0.15) is 11.7 Å². The highest BCUT2D eigenvalue weighted by molar-refractivity contribution is 7.99. The maximum atomic E-state index is 9.36. The van der Waals surface area contributed by atoms with Crippen LogP contribution in [0.3, 0.4) is 0 Å². The van der Waals surface area contributed by atoms with Crippen LogP contribution in [0.15, 0.2) is 29.2 Å². The SMILES string of the molecule is OC1CSc2ccccc21. The maximum Gasteiger partial charge on any atom is 0.0894 e. The van der Waals surface area contributed by atoms with Crippen LogP contribution in [-0.2, 0) is 0 Å². The van der Waals surface area contributed by atoms with Crippen LogP contribution in [0.25, 0.3) is 0 Å². The second-order valence-electron chi connectivity index (χ2n) is 2.36. The van der Waals surface area contributed by atoms with Gasteiger partial charge in [-0.1, -0.05) is 18.2 Å². The Kier molecular flexibility index (Phi) is 1.43. The molecule has 1 aromatic carbocycles. The van der Waals surface area contributed by atoms with Gasteiger partial charge >= 0.3 is 0 Å². The van der Waals surface area contributed by atoms with E-state index in [1.165, 1.54) is 4.90 Å². The Balaban J connectivity index is 2.51. The molecule has 0 fully saturated rings. The normalized spacial score (nSPS) is 22.7. The van der Waals surface area contributed by atoms with Crippen molar-refractivity contribution in [2.45, 2.75) is 11.0 Å². The lowest BCUT2D eigenvalue weighted by molar-refractivity contribution is 0.205. The molecule has 0 aromatic heterocycles. The molecule has 1 heterocycles. The molecule has 2 rings (SSSR count). The highest BCUT2D eigenvalue weighted by Crippen LogP contribution is 2.37. The fourth-order valence-corrected chi connectivity index (χ4v) is 2.21. The minimum Gasteiger partial charge on any atom is -0.387 e. The summed E-state index contributed by atoms with van der Waals surface area (Å²) in [7, 11) is 0. The summed E-state index contributed by atoms with van der Waals surface area (Å²) < 4.78 is 0. The lowest BCUT2D eigenvalue weighted by Crippen LogP contribution is -1.92. The molecule has 0 radical (unpaired) electrons. The van der Waals surface area contributed by atoms with Crippen LogP contribution in [0.4, 0.5) is 0 Å². The number of hydrogen-bond acceptors (Lipinski definition) is 2. The number of benzene rings is 1. The van der Waals surface area contributed by atoms with E-state index in [0.717, 1.165) is 11.3 Å². The molecule has 10 heavy (non-hydrogen) atoms. The Labute approximate surface area is 64.1 Å². The van der Waals surface area contributed by atoms with Crippen molar-refractivity contribution in [2.24, 2.45) is 0 Å². The summed E-state index contributed by atoms with van der Waals surface area (Å²) in [5.74, 6) is 0.819. The fraction of sp³-hybridized carbons (Fsp3) is 0.250. The maximum absolute atomic E-state index is 9.36. The molecule has 1 aliphatic heterocycles. The predicted octanol–water partition coefficient (Wildman–Crippen LogP) is 1.83. The van der Waals surface area contributed by atoms with Gasteiger partial charge in [-0.15, -0.1) is 11.8 Å². The first-order valence-electron chi connectivity index (χ1n) is 3.28. The monoisotopic (exact) mass is 152 g/mol. The molecule has 0 amide bonds. The molecule has 1 unspecified atom stereocenters. The zero-order chi connectivity index (χ0) is 6.97. The number of thioether (sulfide) groups is 1. The summed E-state index contributed by atoms with van der Waals surface area (Å²) in [6.07, 6.45) is -0.235. The average molecular weight is 152 g/mol. The first-order valence-corrected chi connectivity index (χ1v) is 4.26. The molecule has 0 spiro atoms. The molecule has 1 aromatic rings. The van der Waals surface area contributed by atoms with Crippen LogP contribution in [-0.4, -0.2) is 10.9 Å². The highest BCUT2D eigenvalue weighted by atomic mass is 32.2. The second-order valence-corrected chi connectivity index (χ2v) is 3.43. The zero-order valence-corrected chi connectivity index (χ0v) is 6.27. The number of aliphatic hydroxyl groups excluding tert-OH is 1. The van der Waals surface area contributed by atoms with Gasteiger partial charge in [0.25, 0.3) is 0 Å². The average Bonchev–Trinajstić information content (AvgIpc) is 2.34. The number of fused-ring (bicyclic) bond motifs is 1. The fourth-order valence-electron chi connectivity index (χ4n) is 1.15. The van der Waals surface area contributed by atoms with E-state index in [1.54, 1.807) is 11.8 Å². The van der Waals surface area contributed by atoms with Crippen molar-refractivity contribution in [1.82, 2.24) is 0 Å². The summed E-state index contributed by atoms with van der Waals surface area (Å²) in [4.78, 5) is 1.23. The Morgan fingerprint density at radius 2 is 2.20 bits per heavy atom. The Bertz CT molecular complexity index is 247. The predicted molar refractivity (Wildman–Crippen MR) is 42.1 cm³/mol. The van der Waals surface area contributed by atoms with Crippen LogP contribution in [0.2, 0.25) is 0 Å². The lowest BCUT2D eigenvalue weighted by Gasteiger charge is -1.99. The molecule has 1 atom stereocenters. The smallest absolute Gasteiger partial charge is 0.0894 e. The number of rotatable bonds is 0. The van der Waals surface area contributed by atoms with Gasteiger partial charge in [-0.2, -0.15) is 0 Å². The number of hydrogen-bond donors (Lipinski definition) is 1. The van der Waals surface area contributed by atoms with Gasteiger partial charge in [0.15, 0.2) is 0 Å². The van der Waals surface area contributed by atoms with Crippen molar-refractivity contribution in [3.8, 4) is 0 Å². The number of aliphatic hydroxyl groups is 1. The van der Waals surface area contributed by atoms with Gasteiger partial charge < -0.3 is 5.11 Å². The Morgan fingerprint density at radius 3 is 3.00 bits per heavy atom. The molecule has 1 N–H and O–H groups in total. The van der Waals surface area contributed by atoms with Crippen molar-refractivity contribution < 1.29 is 5.11 Å². The molecule has 0 saturated carbocycles. The minimum atomic E-state index is -0.235. The molecule has 1 nitrogen and oxygen atoms in total. The third-order valence-electron chi connectivity index (χ3n) is 1.67. The topological polar surface area (TPSA) is 20.2 Å². The Morgan fingerprint density at radius 1 is 1.40 bits per heavy atom. The molecular formula is C8H8OS. The third-order valence-corrected chi connectivity index (χ3v) is 2.84. The van der Waals surface area contributed by atoms with Crippen LogP contribution in [0, 0.1) is 0 Å². The van der Waals surface area contributed by atoms with E-state index in [4.69, 9.17) is 0 Å². The van der Waals surface area contributed by atoms with Crippen LogP contribution < -0.4 is 0 Å². The molecule has 1 aliphatic rings. The standard InChI is InChI=1S/C8H8OS/c9-7-5-10-8-4-2-1-3-6(7)8/h1-4,7,9H,5H2. The third kappa shape index (κ3) is 0.842. The molecule has 0 bridgehead atoms. The van der Waals surface area contributed by atoms with Crippen molar-refractivity contribution in [2.75, 3.05) is 5.75 Å². The molecule has 0 aliphatic carbocycles. The van der Waals surface area contributed by atoms with Gasteiger partial charge in [0, 0.05) is 10.6 Å². The lowest BCUT2D eigenvalue weighted by atomic mass is 10.1. The summed E-state index contributed by atoms with van der Waals surface area (Å²) in [5, 5.41) is 9.36. The van der Waals surface area contributed by atoms with E-state index in [2.05, 4.69) is 6.07 Å². The van der Waals surface area contributed by atoms with Gasteiger partial charge in [-0.05, 0) is 11.6 Å². The largest absolute Gasteiger partial charge is 0.387 e. The van der Waals surface area contributed by atoms with Crippen molar-refractivity contribution in [1.29, 1.82) is 0 Å². The first-order chi connectivity index (χ1) is 4.88. The molecular weight excluding hydrogens is 144 g/mol. The summed E-state index contributed by atoms with van der Waals surface area (Å²) in [5.41, 5.74) is 1.09. The summed E-state index contributed by atoms with van der Waals surface area (Å²) in [6, 6.07) is 8.01. The zero-order valence-electron chi connectivity index (χ0n) is 5.45. The van der Waals surface area contributed by atoms with E-state index in [1.807, 2.05) is 18.2 Å². The van der Waals surface area contributed by atoms with Crippen LogP contribution >= 0.6 is 11.8 Å². The quantitative estimate of drug-likeness (QED) is 0.612. The Hall–Kier alpha value is -0.470. The van der Waals surface area contributed by atoms with E-state index in [9.17, 15) is 5.11 Å². The molecule has 2 heteroatoms. The van der Waals surface area contributed by atoms with Crippen LogP contribution in [0.5, 0.6) is 0 Å².